The Kier molecular flexibility index (Phi) is 6.37. The van der Waals surface area contributed by atoms with Crippen LogP contribution < -0.4 is 9.64 Å². The van der Waals surface area contributed by atoms with E-state index in [0.29, 0.717) is 35.3 Å². The quantitative estimate of drug-likeness (QED) is 0.636. The Morgan fingerprint density at radius 3 is 2.72 bits per heavy atom. The molecule has 2 aromatic carbocycles. The van der Waals surface area contributed by atoms with Gasteiger partial charge in [0.2, 0.25) is 5.91 Å². The molecule has 2 aliphatic heterocycles. The fraction of sp³-hybridized carbons (Fsp3) is 0.292. The van der Waals surface area contributed by atoms with Gasteiger partial charge in [-0.05, 0) is 42.8 Å². The highest BCUT2D eigenvalue weighted by molar-refractivity contribution is 8.03. The third-order valence-electron chi connectivity index (χ3n) is 5.53. The molecule has 0 bridgehead atoms. The summed E-state index contributed by atoms with van der Waals surface area (Å²) in [6, 6.07) is 17.0. The monoisotopic (exact) mass is 449 g/mol. The molecule has 0 N–H and O–H groups in total. The molecule has 1 fully saturated rings. The first kappa shape index (κ1) is 21.8. The van der Waals surface area contributed by atoms with Crippen molar-refractivity contribution >= 4 is 29.3 Å². The lowest BCUT2D eigenvalue weighted by molar-refractivity contribution is -0.129. The van der Waals surface area contributed by atoms with Crippen LogP contribution in [0.5, 0.6) is 5.75 Å². The molecule has 32 heavy (non-hydrogen) atoms. The molecular formula is C24H23N3O4S. The largest absolute Gasteiger partial charge is 0.497 e. The fourth-order valence-electron chi connectivity index (χ4n) is 3.89. The first-order valence-corrected chi connectivity index (χ1v) is 11.3. The number of carbonyl (C=O) groups excluding carboxylic acids is 2. The van der Waals surface area contributed by atoms with Gasteiger partial charge in [-0.2, -0.15) is 5.26 Å². The number of fused-ring (bicyclic) bond motifs is 1. The van der Waals surface area contributed by atoms with Crippen LogP contribution in [-0.2, 0) is 9.53 Å². The second kappa shape index (κ2) is 9.37. The first-order chi connectivity index (χ1) is 15.5. The summed E-state index contributed by atoms with van der Waals surface area (Å²) in [5.74, 6) is 0.625. The highest BCUT2D eigenvalue weighted by Gasteiger charge is 2.38. The van der Waals surface area contributed by atoms with Crippen LogP contribution in [0.25, 0.3) is 0 Å². The van der Waals surface area contributed by atoms with Crippen molar-refractivity contribution in [3.8, 4) is 11.8 Å². The summed E-state index contributed by atoms with van der Waals surface area (Å²) in [5.41, 5.74) is 2.83. The molecule has 7 nitrogen and oxygen atoms in total. The van der Waals surface area contributed by atoms with Gasteiger partial charge in [-0.25, -0.2) is 4.79 Å². The second-order valence-corrected chi connectivity index (χ2v) is 8.34. The molecule has 2 aliphatic rings. The Bertz CT molecular complexity index is 1110. The third kappa shape index (κ3) is 4.16. The van der Waals surface area contributed by atoms with Crippen LogP contribution in [0.15, 0.2) is 59.1 Å². The van der Waals surface area contributed by atoms with Gasteiger partial charge in [0, 0.05) is 18.0 Å². The number of carbonyl (C=O) groups is 2. The molecule has 0 saturated carbocycles. The predicted molar refractivity (Wildman–Crippen MR) is 122 cm³/mol. The van der Waals surface area contributed by atoms with E-state index in [-0.39, 0.29) is 24.2 Å². The van der Waals surface area contributed by atoms with Gasteiger partial charge in [-0.1, -0.05) is 30.0 Å². The number of benzene rings is 2. The number of esters is 1. The summed E-state index contributed by atoms with van der Waals surface area (Å²) in [5, 5.41) is 10.6. The van der Waals surface area contributed by atoms with E-state index < -0.39 is 0 Å². The summed E-state index contributed by atoms with van der Waals surface area (Å²) in [6.45, 7) is 2.41. The van der Waals surface area contributed by atoms with Crippen LogP contribution in [0, 0.1) is 11.3 Å². The lowest BCUT2D eigenvalue weighted by atomic mass is 9.86. The van der Waals surface area contributed by atoms with Gasteiger partial charge >= 0.3 is 5.97 Å². The average Bonchev–Trinajstić information content (AvgIpc) is 2.84. The van der Waals surface area contributed by atoms with Crippen molar-refractivity contribution in [3.63, 3.8) is 0 Å². The van der Waals surface area contributed by atoms with Crippen LogP contribution >= 0.6 is 11.8 Å². The zero-order chi connectivity index (χ0) is 22.7. The van der Waals surface area contributed by atoms with Gasteiger partial charge in [0.05, 0.1) is 48.5 Å². The normalized spacial score (nSPS) is 18.2. The maximum atomic E-state index is 13.1. The second-order valence-electron chi connectivity index (χ2n) is 7.41. The highest BCUT2D eigenvalue weighted by atomic mass is 32.2. The predicted octanol–water partition coefficient (Wildman–Crippen LogP) is 4.09. The molecule has 2 heterocycles. The molecule has 0 unspecified atom stereocenters. The standard InChI is InChI=1S/C24H23N3O4S/c1-3-31-24(29)17-5-4-6-18(11-17)26-14-27-22(28)12-20(21(13-25)23(27)32-15-26)16-7-9-19(30-2)10-8-16/h4-11,20H,3,12,14-15H2,1-2H3/t20-/m0/s1. The summed E-state index contributed by atoms with van der Waals surface area (Å²) >= 11 is 1.46. The minimum Gasteiger partial charge on any atom is -0.497 e. The first-order valence-electron chi connectivity index (χ1n) is 10.3. The average molecular weight is 450 g/mol. The number of hydrogen-bond donors (Lipinski definition) is 0. The van der Waals surface area contributed by atoms with Crippen molar-refractivity contribution < 1.29 is 19.1 Å². The lowest BCUT2D eigenvalue weighted by Gasteiger charge is -2.42. The van der Waals surface area contributed by atoms with Gasteiger partial charge < -0.3 is 14.4 Å². The molecule has 1 amide bonds. The van der Waals surface area contributed by atoms with Crippen LogP contribution in [0.2, 0.25) is 0 Å². The van der Waals surface area contributed by atoms with Crippen molar-refractivity contribution in [2.45, 2.75) is 19.3 Å². The minimum atomic E-state index is -0.372. The molecule has 1 saturated heterocycles. The highest BCUT2D eigenvalue weighted by Crippen LogP contribution is 2.43. The number of hydrogen-bond acceptors (Lipinski definition) is 7. The Morgan fingerprint density at radius 1 is 1.25 bits per heavy atom. The molecule has 0 aliphatic carbocycles. The maximum absolute atomic E-state index is 13.1. The fourth-order valence-corrected chi connectivity index (χ4v) is 5.06. The van der Waals surface area contributed by atoms with Crippen molar-refractivity contribution in [2.75, 3.05) is 31.2 Å². The van der Waals surface area contributed by atoms with E-state index in [4.69, 9.17) is 9.47 Å². The van der Waals surface area contributed by atoms with Crippen molar-refractivity contribution in [3.05, 3.63) is 70.3 Å². The molecule has 8 heteroatoms. The van der Waals surface area contributed by atoms with E-state index in [1.165, 1.54) is 11.8 Å². The number of amides is 1. The van der Waals surface area contributed by atoms with E-state index >= 15 is 0 Å². The van der Waals surface area contributed by atoms with Crippen LogP contribution in [0.4, 0.5) is 5.69 Å². The minimum absolute atomic E-state index is 0.0291. The zero-order valence-electron chi connectivity index (χ0n) is 17.9. The number of methoxy groups -OCH3 is 1. The summed E-state index contributed by atoms with van der Waals surface area (Å²) in [4.78, 5) is 28.9. The molecule has 4 rings (SSSR count). The number of nitrogens with zero attached hydrogens (tertiary/aromatic N) is 3. The van der Waals surface area contributed by atoms with Crippen LogP contribution in [-0.4, -0.2) is 43.0 Å². The number of allylic oxidation sites excluding steroid dienone is 1. The smallest absolute Gasteiger partial charge is 0.338 e. The van der Waals surface area contributed by atoms with Crippen molar-refractivity contribution in [1.82, 2.24) is 4.90 Å². The van der Waals surface area contributed by atoms with Gasteiger partial charge in [-0.15, -0.1) is 0 Å². The van der Waals surface area contributed by atoms with Crippen LogP contribution in [0.3, 0.4) is 0 Å². The molecule has 2 aromatic rings. The Labute approximate surface area is 191 Å². The summed E-state index contributed by atoms with van der Waals surface area (Å²) < 4.78 is 10.3. The number of nitriles is 1. The number of ether oxygens (including phenoxy) is 2. The maximum Gasteiger partial charge on any atom is 0.338 e. The van der Waals surface area contributed by atoms with E-state index in [1.54, 1.807) is 37.1 Å². The third-order valence-corrected chi connectivity index (χ3v) is 6.69. The Morgan fingerprint density at radius 2 is 2.03 bits per heavy atom. The van der Waals surface area contributed by atoms with Gasteiger partial charge in [-0.3, -0.25) is 9.69 Å². The van der Waals surface area contributed by atoms with E-state index in [0.717, 1.165) is 17.0 Å². The van der Waals surface area contributed by atoms with Gasteiger partial charge in [0.15, 0.2) is 0 Å². The molecular weight excluding hydrogens is 426 g/mol. The molecule has 1 atom stereocenters. The number of anilines is 1. The van der Waals surface area contributed by atoms with Gasteiger partial charge in [0.25, 0.3) is 0 Å². The van der Waals surface area contributed by atoms with Crippen LogP contribution in [0.1, 0.15) is 35.2 Å². The molecule has 0 aromatic heterocycles. The Balaban J connectivity index is 1.60. The lowest BCUT2D eigenvalue weighted by Crippen LogP contribution is -2.47. The molecule has 164 valence electrons. The number of thioether (sulfide) groups is 1. The van der Waals surface area contributed by atoms with Crippen molar-refractivity contribution in [1.29, 1.82) is 5.26 Å². The summed E-state index contributed by atoms with van der Waals surface area (Å²) in [6.07, 6.45) is 0.232. The molecule has 0 radical (unpaired) electrons. The van der Waals surface area contributed by atoms with E-state index in [1.807, 2.05) is 35.2 Å². The summed E-state index contributed by atoms with van der Waals surface area (Å²) in [7, 11) is 1.60. The van der Waals surface area contributed by atoms with E-state index in [9.17, 15) is 14.9 Å². The van der Waals surface area contributed by atoms with Crippen molar-refractivity contribution in [2.24, 2.45) is 0 Å². The zero-order valence-corrected chi connectivity index (χ0v) is 18.7. The Hall–Kier alpha value is -3.44. The topological polar surface area (TPSA) is 82.9 Å². The SMILES string of the molecule is CCOC(=O)c1cccc(N2CSC3=C(C#N)[C@H](c4ccc(OC)cc4)CC(=O)N3C2)c1. The van der Waals surface area contributed by atoms with Gasteiger partial charge in [0.1, 0.15) is 5.75 Å². The van der Waals surface area contributed by atoms with E-state index in [2.05, 4.69) is 6.07 Å². The number of rotatable bonds is 5. The molecule has 0 spiro atoms.